The van der Waals surface area contributed by atoms with Crippen LogP contribution < -0.4 is 4.74 Å². The first-order chi connectivity index (χ1) is 12.3. The van der Waals surface area contributed by atoms with Crippen LogP contribution in [-0.4, -0.2) is 41.6 Å². The Morgan fingerprint density at radius 3 is 2.72 bits per heavy atom. The van der Waals surface area contributed by atoms with Crippen LogP contribution in [0.15, 0.2) is 35.7 Å². The van der Waals surface area contributed by atoms with E-state index in [0.29, 0.717) is 18.8 Å². The van der Waals surface area contributed by atoms with Crippen molar-refractivity contribution in [3.05, 3.63) is 46.4 Å². The van der Waals surface area contributed by atoms with Gasteiger partial charge in [-0.25, -0.2) is 4.98 Å². The van der Waals surface area contributed by atoms with E-state index in [2.05, 4.69) is 4.98 Å². The summed E-state index contributed by atoms with van der Waals surface area (Å²) in [7, 11) is 0. The van der Waals surface area contributed by atoms with Gasteiger partial charge in [-0.2, -0.15) is 0 Å². The monoisotopic (exact) mass is 358 g/mol. The highest BCUT2D eigenvalue weighted by Crippen LogP contribution is 2.31. The van der Waals surface area contributed by atoms with E-state index in [0.717, 1.165) is 43.0 Å². The summed E-state index contributed by atoms with van der Waals surface area (Å²) in [6.07, 6.45) is 4.03. The predicted molar refractivity (Wildman–Crippen MR) is 96.0 cm³/mol. The van der Waals surface area contributed by atoms with Crippen molar-refractivity contribution < 1.29 is 14.3 Å². The fourth-order valence-electron chi connectivity index (χ4n) is 3.34. The van der Waals surface area contributed by atoms with Crippen LogP contribution in [0.2, 0.25) is 0 Å². The highest BCUT2D eigenvalue weighted by Gasteiger charge is 2.27. The van der Waals surface area contributed by atoms with E-state index in [1.807, 2.05) is 40.6 Å². The van der Waals surface area contributed by atoms with Crippen LogP contribution in [0.5, 0.6) is 5.75 Å². The SMILES string of the molecule is O=C(c1csc(C2CCCO2)n1)N1CCC(Oc2ccccc2)CC1. The number of carbonyl (C=O) groups excluding carboxylic acids is 1. The molecule has 1 aromatic heterocycles. The van der Waals surface area contributed by atoms with Crippen molar-refractivity contribution in [3.8, 4) is 5.75 Å². The molecule has 6 heteroatoms. The summed E-state index contributed by atoms with van der Waals surface area (Å²) in [5.41, 5.74) is 0.554. The summed E-state index contributed by atoms with van der Waals surface area (Å²) in [6.45, 7) is 2.22. The number of aromatic nitrogens is 1. The number of piperidine rings is 1. The molecule has 0 N–H and O–H groups in total. The van der Waals surface area contributed by atoms with Crippen LogP contribution in [0.1, 0.15) is 47.3 Å². The van der Waals surface area contributed by atoms with Crippen LogP contribution in [0.25, 0.3) is 0 Å². The maximum absolute atomic E-state index is 12.7. The zero-order valence-corrected chi connectivity index (χ0v) is 14.9. The summed E-state index contributed by atoms with van der Waals surface area (Å²) in [5.74, 6) is 0.923. The van der Waals surface area contributed by atoms with Gasteiger partial charge in [-0.05, 0) is 25.0 Å². The number of nitrogens with zero attached hydrogens (tertiary/aromatic N) is 2. The first-order valence-electron chi connectivity index (χ1n) is 8.87. The standard InChI is InChI=1S/C19H22N2O3S/c22-19(16-13-25-18(20-16)17-7-4-12-23-17)21-10-8-15(9-11-21)24-14-5-2-1-3-6-14/h1-3,5-6,13,15,17H,4,7-12H2. The average molecular weight is 358 g/mol. The third-order valence-corrected chi connectivity index (χ3v) is 5.66. The molecule has 25 heavy (non-hydrogen) atoms. The van der Waals surface area contributed by atoms with Crippen LogP contribution in [0.3, 0.4) is 0 Å². The average Bonchev–Trinajstić information content (AvgIpc) is 3.34. The number of likely N-dealkylation sites (tertiary alicyclic amines) is 1. The molecule has 132 valence electrons. The maximum atomic E-state index is 12.7. The topological polar surface area (TPSA) is 51.7 Å². The van der Waals surface area contributed by atoms with E-state index in [9.17, 15) is 4.79 Å². The maximum Gasteiger partial charge on any atom is 0.273 e. The Hall–Kier alpha value is -1.92. The quantitative estimate of drug-likeness (QED) is 0.837. The van der Waals surface area contributed by atoms with Gasteiger partial charge in [0.25, 0.3) is 5.91 Å². The van der Waals surface area contributed by atoms with Crippen molar-refractivity contribution in [3.63, 3.8) is 0 Å². The van der Waals surface area contributed by atoms with Gasteiger partial charge in [0.05, 0.1) is 0 Å². The summed E-state index contributed by atoms with van der Waals surface area (Å²) >= 11 is 1.53. The lowest BCUT2D eigenvalue weighted by molar-refractivity contribution is 0.0589. The third-order valence-electron chi connectivity index (χ3n) is 4.72. The van der Waals surface area contributed by atoms with Gasteiger partial charge >= 0.3 is 0 Å². The van der Waals surface area contributed by atoms with E-state index in [1.54, 1.807) is 0 Å². The molecule has 0 bridgehead atoms. The molecule has 2 aliphatic heterocycles. The number of hydrogen-bond donors (Lipinski definition) is 0. The van der Waals surface area contributed by atoms with Crippen LogP contribution in [-0.2, 0) is 4.74 Å². The highest BCUT2D eigenvalue weighted by molar-refractivity contribution is 7.09. The Balaban J connectivity index is 1.32. The van der Waals surface area contributed by atoms with Gasteiger partial charge in [0.2, 0.25) is 0 Å². The van der Waals surface area contributed by atoms with Crippen molar-refractivity contribution in [1.29, 1.82) is 0 Å². The Labute approximate surface area is 151 Å². The smallest absolute Gasteiger partial charge is 0.273 e. The van der Waals surface area contributed by atoms with Crippen molar-refractivity contribution in [2.45, 2.75) is 37.9 Å². The Kier molecular flexibility index (Phi) is 4.99. The fourth-order valence-corrected chi connectivity index (χ4v) is 4.21. The van der Waals surface area contributed by atoms with Gasteiger partial charge in [-0.15, -0.1) is 11.3 Å². The van der Waals surface area contributed by atoms with Crippen LogP contribution >= 0.6 is 11.3 Å². The van der Waals surface area contributed by atoms with Crippen molar-refractivity contribution in [2.24, 2.45) is 0 Å². The zero-order chi connectivity index (χ0) is 17.1. The van der Waals surface area contributed by atoms with E-state index in [1.165, 1.54) is 11.3 Å². The van der Waals surface area contributed by atoms with Gasteiger partial charge in [-0.3, -0.25) is 4.79 Å². The second kappa shape index (κ2) is 7.54. The molecular weight excluding hydrogens is 336 g/mol. The third kappa shape index (κ3) is 3.85. The fraction of sp³-hybridized carbons (Fsp3) is 0.474. The minimum absolute atomic E-state index is 0.0265. The molecule has 1 atom stereocenters. The van der Waals surface area contributed by atoms with E-state index < -0.39 is 0 Å². The molecule has 0 saturated carbocycles. The number of carbonyl (C=O) groups is 1. The summed E-state index contributed by atoms with van der Waals surface area (Å²) in [4.78, 5) is 19.1. The Bertz CT molecular complexity index is 704. The minimum Gasteiger partial charge on any atom is -0.490 e. The second-order valence-electron chi connectivity index (χ2n) is 6.50. The number of amides is 1. The molecule has 5 nitrogen and oxygen atoms in total. The summed E-state index contributed by atoms with van der Waals surface area (Å²) in [6, 6.07) is 9.87. The van der Waals surface area contributed by atoms with Gasteiger partial charge in [0.1, 0.15) is 28.7 Å². The molecule has 2 aromatic rings. The first kappa shape index (κ1) is 16.5. The molecule has 1 unspecified atom stereocenters. The molecule has 2 aliphatic rings. The van der Waals surface area contributed by atoms with Crippen molar-refractivity contribution >= 4 is 17.2 Å². The van der Waals surface area contributed by atoms with E-state index in [4.69, 9.17) is 9.47 Å². The Morgan fingerprint density at radius 2 is 2.00 bits per heavy atom. The first-order valence-corrected chi connectivity index (χ1v) is 9.75. The molecule has 0 radical (unpaired) electrons. The van der Waals surface area contributed by atoms with E-state index >= 15 is 0 Å². The Morgan fingerprint density at radius 1 is 1.20 bits per heavy atom. The zero-order valence-electron chi connectivity index (χ0n) is 14.1. The molecule has 3 heterocycles. The van der Waals surface area contributed by atoms with Gasteiger partial charge in [0, 0.05) is 37.9 Å². The number of ether oxygens (including phenoxy) is 2. The predicted octanol–water partition coefficient (Wildman–Crippen LogP) is 3.68. The molecule has 2 saturated heterocycles. The molecule has 2 fully saturated rings. The number of hydrogen-bond acceptors (Lipinski definition) is 5. The molecule has 1 amide bonds. The van der Waals surface area contributed by atoms with Gasteiger partial charge < -0.3 is 14.4 Å². The lowest BCUT2D eigenvalue weighted by atomic mass is 10.1. The van der Waals surface area contributed by atoms with Crippen molar-refractivity contribution in [2.75, 3.05) is 19.7 Å². The minimum atomic E-state index is 0.0265. The van der Waals surface area contributed by atoms with Gasteiger partial charge in [-0.1, -0.05) is 18.2 Å². The largest absolute Gasteiger partial charge is 0.490 e. The summed E-state index contributed by atoms with van der Waals surface area (Å²) in [5, 5.41) is 2.80. The number of rotatable bonds is 4. The van der Waals surface area contributed by atoms with Crippen LogP contribution in [0, 0.1) is 0 Å². The van der Waals surface area contributed by atoms with Crippen LogP contribution in [0.4, 0.5) is 0 Å². The molecule has 0 spiro atoms. The second-order valence-corrected chi connectivity index (χ2v) is 7.38. The number of benzene rings is 1. The number of para-hydroxylation sites is 1. The molecule has 4 rings (SSSR count). The lowest BCUT2D eigenvalue weighted by Crippen LogP contribution is -2.41. The molecule has 1 aromatic carbocycles. The normalized spacial score (nSPS) is 21.4. The highest BCUT2D eigenvalue weighted by atomic mass is 32.1. The molecular formula is C19H22N2O3S. The van der Waals surface area contributed by atoms with Crippen molar-refractivity contribution in [1.82, 2.24) is 9.88 Å². The number of thiazole rings is 1. The van der Waals surface area contributed by atoms with E-state index in [-0.39, 0.29) is 18.1 Å². The summed E-state index contributed by atoms with van der Waals surface area (Å²) < 4.78 is 11.6. The molecule has 0 aliphatic carbocycles. The lowest BCUT2D eigenvalue weighted by Gasteiger charge is -2.31. The van der Waals surface area contributed by atoms with Gasteiger partial charge in [0.15, 0.2) is 0 Å².